The predicted octanol–water partition coefficient (Wildman–Crippen LogP) is 3.24. The summed E-state index contributed by atoms with van der Waals surface area (Å²) >= 11 is 0. The van der Waals surface area contributed by atoms with Gasteiger partial charge >= 0.3 is 0 Å². The van der Waals surface area contributed by atoms with Crippen LogP contribution in [0.15, 0.2) is 42.5 Å². The highest BCUT2D eigenvalue weighted by molar-refractivity contribution is 5.99. The topological polar surface area (TPSA) is 29.5 Å². The van der Waals surface area contributed by atoms with E-state index in [2.05, 4.69) is 29.2 Å². The van der Waals surface area contributed by atoms with Crippen LogP contribution < -0.4 is 4.74 Å². The maximum atomic E-state index is 12.6. The number of ether oxygens (including phenoxy) is 1. The van der Waals surface area contributed by atoms with Crippen LogP contribution in [0.2, 0.25) is 0 Å². The van der Waals surface area contributed by atoms with Crippen molar-refractivity contribution in [3.8, 4) is 5.75 Å². The molecular weight excluding hydrogens is 274 g/mol. The van der Waals surface area contributed by atoms with Gasteiger partial charge in [-0.25, -0.2) is 0 Å². The Hall–Kier alpha value is -2.13. The Bertz CT molecular complexity index is 694. The second kappa shape index (κ2) is 6.32. The highest BCUT2D eigenvalue weighted by atomic mass is 16.5. The molecule has 0 aliphatic carbocycles. The quantitative estimate of drug-likeness (QED) is 0.811. The molecule has 1 aliphatic heterocycles. The number of carbonyl (C=O) groups excluding carboxylic acids is 1. The predicted molar refractivity (Wildman–Crippen MR) is 87.5 cm³/mol. The zero-order valence-corrected chi connectivity index (χ0v) is 13.1. The van der Waals surface area contributed by atoms with Crippen molar-refractivity contribution < 1.29 is 9.53 Å². The molecule has 0 saturated heterocycles. The first-order valence-corrected chi connectivity index (χ1v) is 7.64. The summed E-state index contributed by atoms with van der Waals surface area (Å²) in [7, 11) is 1.63. The van der Waals surface area contributed by atoms with Crippen molar-refractivity contribution in [2.45, 2.75) is 19.9 Å². The SMILES string of the molecule is COc1ccc(C)c(C(=O)CN2CCc3ccccc3C2)c1. The molecule has 0 atom stereocenters. The Morgan fingerprint density at radius 3 is 2.73 bits per heavy atom. The maximum absolute atomic E-state index is 12.6. The highest BCUT2D eigenvalue weighted by Crippen LogP contribution is 2.21. The Labute approximate surface area is 131 Å². The number of benzene rings is 2. The third-order valence-corrected chi connectivity index (χ3v) is 4.32. The van der Waals surface area contributed by atoms with Crippen LogP contribution in [0.4, 0.5) is 0 Å². The molecule has 0 unspecified atom stereocenters. The molecule has 0 N–H and O–H groups in total. The number of carbonyl (C=O) groups is 1. The van der Waals surface area contributed by atoms with E-state index in [1.807, 2.05) is 25.1 Å². The molecule has 0 radical (unpaired) electrons. The molecule has 0 fully saturated rings. The Morgan fingerprint density at radius 2 is 1.95 bits per heavy atom. The second-order valence-electron chi connectivity index (χ2n) is 5.83. The van der Waals surface area contributed by atoms with Gasteiger partial charge in [0.2, 0.25) is 0 Å². The third-order valence-electron chi connectivity index (χ3n) is 4.32. The van der Waals surface area contributed by atoms with Crippen molar-refractivity contribution >= 4 is 5.78 Å². The normalized spacial score (nSPS) is 14.5. The van der Waals surface area contributed by atoms with Gasteiger partial charge in [0.05, 0.1) is 13.7 Å². The van der Waals surface area contributed by atoms with Gasteiger partial charge < -0.3 is 4.74 Å². The summed E-state index contributed by atoms with van der Waals surface area (Å²) in [6, 6.07) is 14.2. The van der Waals surface area contributed by atoms with E-state index in [0.29, 0.717) is 6.54 Å². The Morgan fingerprint density at radius 1 is 1.18 bits per heavy atom. The summed E-state index contributed by atoms with van der Waals surface area (Å²) in [5, 5.41) is 0. The summed E-state index contributed by atoms with van der Waals surface area (Å²) in [5.74, 6) is 0.897. The van der Waals surface area contributed by atoms with Gasteiger partial charge in [-0.2, -0.15) is 0 Å². The van der Waals surface area contributed by atoms with Crippen molar-refractivity contribution in [2.24, 2.45) is 0 Å². The van der Waals surface area contributed by atoms with Crippen LogP contribution in [0.1, 0.15) is 27.0 Å². The lowest BCUT2D eigenvalue weighted by Crippen LogP contribution is -2.35. The fraction of sp³-hybridized carbons (Fsp3) is 0.316. The van der Waals surface area contributed by atoms with Gasteiger partial charge in [-0.05, 0) is 42.2 Å². The van der Waals surface area contributed by atoms with Crippen molar-refractivity contribution in [3.05, 3.63) is 64.7 Å². The molecule has 0 amide bonds. The lowest BCUT2D eigenvalue weighted by molar-refractivity contribution is 0.0920. The monoisotopic (exact) mass is 295 g/mol. The molecule has 114 valence electrons. The minimum Gasteiger partial charge on any atom is -0.497 e. The summed E-state index contributed by atoms with van der Waals surface area (Å²) in [6.45, 7) is 4.22. The summed E-state index contributed by atoms with van der Waals surface area (Å²) in [5.41, 5.74) is 4.51. The molecule has 2 aromatic carbocycles. The number of hydrogen-bond acceptors (Lipinski definition) is 3. The van der Waals surface area contributed by atoms with Crippen LogP contribution in [0.25, 0.3) is 0 Å². The number of aryl methyl sites for hydroxylation is 1. The van der Waals surface area contributed by atoms with E-state index >= 15 is 0 Å². The van der Waals surface area contributed by atoms with E-state index in [1.165, 1.54) is 11.1 Å². The number of fused-ring (bicyclic) bond motifs is 1. The summed E-state index contributed by atoms with van der Waals surface area (Å²) in [6.07, 6.45) is 1.01. The maximum Gasteiger partial charge on any atom is 0.177 e. The zero-order valence-electron chi connectivity index (χ0n) is 13.1. The van der Waals surface area contributed by atoms with Crippen LogP contribution in [0.3, 0.4) is 0 Å². The summed E-state index contributed by atoms with van der Waals surface area (Å²) in [4.78, 5) is 14.8. The van der Waals surface area contributed by atoms with Gasteiger partial charge in [0.25, 0.3) is 0 Å². The minimum atomic E-state index is 0.163. The van der Waals surface area contributed by atoms with E-state index in [0.717, 1.165) is 36.4 Å². The van der Waals surface area contributed by atoms with E-state index in [4.69, 9.17) is 4.74 Å². The average molecular weight is 295 g/mol. The molecule has 22 heavy (non-hydrogen) atoms. The third kappa shape index (κ3) is 3.04. The van der Waals surface area contributed by atoms with Crippen molar-refractivity contribution in [1.82, 2.24) is 4.90 Å². The number of Topliss-reactive ketones (excluding diaryl/α,β-unsaturated/α-hetero) is 1. The van der Waals surface area contributed by atoms with Crippen LogP contribution >= 0.6 is 0 Å². The lowest BCUT2D eigenvalue weighted by atomic mass is 9.98. The Balaban J connectivity index is 1.73. The van der Waals surface area contributed by atoms with Crippen LogP contribution in [-0.2, 0) is 13.0 Å². The molecule has 3 heteroatoms. The molecule has 3 nitrogen and oxygen atoms in total. The van der Waals surface area contributed by atoms with Gasteiger partial charge in [0.1, 0.15) is 5.75 Å². The first kappa shape index (κ1) is 14.8. The molecule has 0 spiro atoms. The number of nitrogens with zero attached hydrogens (tertiary/aromatic N) is 1. The van der Waals surface area contributed by atoms with E-state index in [9.17, 15) is 4.79 Å². The van der Waals surface area contributed by atoms with E-state index < -0.39 is 0 Å². The molecule has 0 aromatic heterocycles. The van der Waals surface area contributed by atoms with Crippen LogP contribution in [0.5, 0.6) is 5.75 Å². The van der Waals surface area contributed by atoms with Gasteiger partial charge in [-0.1, -0.05) is 30.3 Å². The molecule has 3 rings (SSSR count). The van der Waals surface area contributed by atoms with Gasteiger partial charge in [-0.15, -0.1) is 0 Å². The molecule has 0 saturated carbocycles. The molecular formula is C19H21NO2. The van der Waals surface area contributed by atoms with E-state index in [1.54, 1.807) is 7.11 Å². The molecule has 1 heterocycles. The second-order valence-corrected chi connectivity index (χ2v) is 5.83. The van der Waals surface area contributed by atoms with Crippen LogP contribution in [-0.4, -0.2) is 30.9 Å². The van der Waals surface area contributed by atoms with Gasteiger partial charge in [0.15, 0.2) is 5.78 Å². The average Bonchev–Trinajstić information content (AvgIpc) is 2.55. The first-order valence-electron chi connectivity index (χ1n) is 7.64. The largest absolute Gasteiger partial charge is 0.497 e. The molecule has 0 bridgehead atoms. The zero-order chi connectivity index (χ0) is 15.5. The fourth-order valence-electron chi connectivity index (χ4n) is 3.01. The highest BCUT2D eigenvalue weighted by Gasteiger charge is 2.19. The summed E-state index contributed by atoms with van der Waals surface area (Å²) < 4.78 is 5.23. The standard InChI is InChI=1S/C19H21NO2/c1-14-7-8-17(22-2)11-18(14)19(21)13-20-10-9-15-5-3-4-6-16(15)12-20/h3-8,11H,9-10,12-13H2,1-2H3. The number of hydrogen-bond donors (Lipinski definition) is 0. The first-order chi connectivity index (χ1) is 10.7. The smallest absolute Gasteiger partial charge is 0.177 e. The number of methoxy groups -OCH3 is 1. The van der Waals surface area contributed by atoms with Crippen molar-refractivity contribution in [3.63, 3.8) is 0 Å². The Kier molecular flexibility index (Phi) is 4.25. The lowest BCUT2D eigenvalue weighted by Gasteiger charge is -2.28. The molecule has 2 aromatic rings. The van der Waals surface area contributed by atoms with E-state index in [-0.39, 0.29) is 5.78 Å². The van der Waals surface area contributed by atoms with Gasteiger partial charge in [0, 0.05) is 18.7 Å². The fourth-order valence-corrected chi connectivity index (χ4v) is 3.01. The van der Waals surface area contributed by atoms with Crippen LogP contribution in [0, 0.1) is 6.92 Å². The number of rotatable bonds is 4. The van der Waals surface area contributed by atoms with Gasteiger partial charge in [-0.3, -0.25) is 9.69 Å². The minimum absolute atomic E-state index is 0.163. The van der Waals surface area contributed by atoms with Crippen molar-refractivity contribution in [1.29, 1.82) is 0 Å². The van der Waals surface area contributed by atoms with Crippen molar-refractivity contribution in [2.75, 3.05) is 20.2 Å². The molecule has 1 aliphatic rings. The number of ketones is 1.